The van der Waals surface area contributed by atoms with Crippen molar-refractivity contribution < 1.29 is 4.52 Å². The van der Waals surface area contributed by atoms with E-state index in [9.17, 15) is 4.79 Å². The molecule has 2 rings (SSSR count). The van der Waals surface area contributed by atoms with Crippen molar-refractivity contribution in [1.82, 2.24) is 14.9 Å². The Morgan fingerprint density at radius 1 is 1.53 bits per heavy atom. The van der Waals surface area contributed by atoms with Crippen LogP contribution in [0.25, 0.3) is 0 Å². The fraction of sp³-hybridized carbons (Fsp3) is 0.417. The largest absolute Gasteiger partial charge is 0.375 e. The summed E-state index contributed by atoms with van der Waals surface area (Å²) in [6.45, 7) is 3.04. The van der Waals surface area contributed by atoms with Crippen molar-refractivity contribution in [1.29, 1.82) is 0 Å². The van der Waals surface area contributed by atoms with Gasteiger partial charge >= 0.3 is 0 Å². The quantitative estimate of drug-likeness (QED) is 0.880. The summed E-state index contributed by atoms with van der Waals surface area (Å²) in [6.07, 6.45) is 5.00. The van der Waals surface area contributed by atoms with E-state index >= 15 is 0 Å². The zero-order valence-electron chi connectivity index (χ0n) is 10.6. The van der Waals surface area contributed by atoms with Crippen LogP contribution >= 0.6 is 11.6 Å². The Balaban J connectivity index is 2.09. The lowest BCUT2D eigenvalue weighted by Crippen LogP contribution is -2.24. The molecule has 0 aliphatic rings. The van der Waals surface area contributed by atoms with Gasteiger partial charge in [0.15, 0.2) is 5.76 Å². The highest BCUT2D eigenvalue weighted by Crippen LogP contribution is 2.16. The summed E-state index contributed by atoms with van der Waals surface area (Å²) in [4.78, 5) is 11.9. The highest BCUT2D eigenvalue weighted by atomic mass is 35.5. The molecule has 0 radical (unpaired) electrons. The second-order valence-electron chi connectivity index (χ2n) is 4.09. The molecular formula is C12H15ClN4O2. The molecule has 0 saturated carbocycles. The first-order valence-corrected chi connectivity index (χ1v) is 6.49. The van der Waals surface area contributed by atoms with Crippen molar-refractivity contribution in [3.63, 3.8) is 0 Å². The molecule has 0 aromatic carbocycles. The van der Waals surface area contributed by atoms with Gasteiger partial charge in [0.1, 0.15) is 5.02 Å². The number of nitrogens with one attached hydrogen (secondary N) is 1. The van der Waals surface area contributed by atoms with Gasteiger partial charge in [0.2, 0.25) is 0 Å². The molecule has 6 nitrogen and oxygen atoms in total. The predicted octanol–water partition coefficient (Wildman–Crippen LogP) is 2.30. The van der Waals surface area contributed by atoms with Crippen LogP contribution in [0.4, 0.5) is 5.69 Å². The molecule has 0 unspecified atom stereocenters. The number of hydrogen-bond acceptors (Lipinski definition) is 5. The van der Waals surface area contributed by atoms with Gasteiger partial charge < -0.3 is 9.84 Å². The molecule has 2 aromatic rings. The van der Waals surface area contributed by atoms with Crippen molar-refractivity contribution in [3.8, 4) is 0 Å². The number of hydrogen-bond donors (Lipinski definition) is 1. The number of halogens is 1. The maximum Gasteiger partial charge on any atom is 0.287 e. The average Bonchev–Trinajstić information content (AvgIpc) is 2.92. The molecule has 102 valence electrons. The highest BCUT2D eigenvalue weighted by molar-refractivity contribution is 6.32. The Hall–Kier alpha value is -1.82. The Morgan fingerprint density at radius 2 is 2.37 bits per heavy atom. The predicted molar refractivity (Wildman–Crippen MR) is 72.2 cm³/mol. The van der Waals surface area contributed by atoms with Crippen molar-refractivity contribution in [2.45, 2.75) is 32.9 Å². The maximum absolute atomic E-state index is 11.9. The smallest absolute Gasteiger partial charge is 0.287 e. The molecule has 2 heterocycles. The summed E-state index contributed by atoms with van der Waals surface area (Å²) < 4.78 is 6.32. The third-order valence-corrected chi connectivity index (χ3v) is 3.02. The average molecular weight is 283 g/mol. The molecule has 1 N–H and O–H groups in total. The van der Waals surface area contributed by atoms with Gasteiger partial charge in [-0.15, -0.1) is 0 Å². The van der Waals surface area contributed by atoms with Gasteiger partial charge in [-0.05, 0) is 6.42 Å². The zero-order chi connectivity index (χ0) is 13.7. The topological polar surface area (TPSA) is 73.0 Å². The van der Waals surface area contributed by atoms with Crippen LogP contribution in [-0.4, -0.2) is 14.9 Å². The van der Waals surface area contributed by atoms with Crippen LogP contribution < -0.4 is 10.9 Å². The van der Waals surface area contributed by atoms with E-state index in [0.29, 0.717) is 24.5 Å². The Morgan fingerprint density at radius 3 is 3.05 bits per heavy atom. The summed E-state index contributed by atoms with van der Waals surface area (Å²) >= 11 is 6.04. The number of aromatic nitrogens is 3. The maximum atomic E-state index is 11.9. The minimum atomic E-state index is -0.280. The van der Waals surface area contributed by atoms with Crippen LogP contribution in [0.3, 0.4) is 0 Å². The van der Waals surface area contributed by atoms with Gasteiger partial charge in [0, 0.05) is 12.6 Å². The van der Waals surface area contributed by atoms with Crippen LogP contribution in [0.2, 0.25) is 5.02 Å². The molecule has 7 heteroatoms. The highest BCUT2D eigenvalue weighted by Gasteiger charge is 2.09. The summed E-state index contributed by atoms with van der Waals surface area (Å²) in [7, 11) is 0. The fourth-order valence-corrected chi connectivity index (χ4v) is 1.78. The first kappa shape index (κ1) is 13.6. The number of rotatable bonds is 6. The monoisotopic (exact) mass is 282 g/mol. The number of aryl methyl sites for hydroxylation is 1. The molecule has 19 heavy (non-hydrogen) atoms. The van der Waals surface area contributed by atoms with Gasteiger partial charge in [-0.1, -0.05) is 30.1 Å². The van der Waals surface area contributed by atoms with E-state index in [1.807, 2.05) is 0 Å². The summed E-state index contributed by atoms with van der Waals surface area (Å²) in [5, 5.41) is 10.8. The standard InChI is InChI=1S/C12H15ClN4O2/c1-2-3-6-17-12(18)11(13)10(8-15-17)14-7-9-4-5-16-19-9/h4-5,8,14H,2-3,6-7H2,1H3. The van der Waals surface area contributed by atoms with E-state index in [4.69, 9.17) is 16.1 Å². The molecule has 0 aliphatic heterocycles. The fourth-order valence-electron chi connectivity index (χ4n) is 1.57. The number of anilines is 1. The van der Waals surface area contributed by atoms with E-state index in [0.717, 1.165) is 12.8 Å². The molecule has 0 spiro atoms. The summed E-state index contributed by atoms with van der Waals surface area (Å²) in [5.41, 5.74) is 0.216. The number of unbranched alkanes of at least 4 members (excludes halogenated alkanes) is 1. The van der Waals surface area contributed by atoms with Gasteiger partial charge in [-0.2, -0.15) is 5.10 Å². The molecule has 0 amide bonds. The first-order chi connectivity index (χ1) is 9.22. The van der Waals surface area contributed by atoms with E-state index < -0.39 is 0 Å². The minimum Gasteiger partial charge on any atom is -0.375 e. The van der Waals surface area contributed by atoms with Crippen LogP contribution in [0.1, 0.15) is 25.5 Å². The van der Waals surface area contributed by atoms with Crippen molar-refractivity contribution >= 4 is 17.3 Å². The van der Waals surface area contributed by atoms with Crippen molar-refractivity contribution in [3.05, 3.63) is 39.6 Å². The molecular weight excluding hydrogens is 268 g/mol. The third kappa shape index (κ3) is 3.35. The van der Waals surface area contributed by atoms with E-state index in [1.54, 1.807) is 18.5 Å². The molecule has 2 aromatic heterocycles. The Kier molecular flexibility index (Phi) is 4.57. The van der Waals surface area contributed by atoms with Gasteiger partial charge in [0.05, 0.1) is 24.6 Å². The summed E-state index contributed by atoms with van der Waals surface area (Å²) in [5.74, 6) is 0.659. The van der Waals surface area contributed by atoms with E-state index in [1.165, 1.54) is 4.68 Å². The van der Waals surface area contributed by atoms with Crippen molar-refractivity contribution in [2.75, 3.05) is 5.32 Å². The van der Waals surface area contributed by atoms with Gasteiger partial charge in [-0.3, -0.25) is 4.79 Å². The molecule has 0 bridgehead atoms. The molecule has 0 fully saturated rings. The second-order valence-corrected chi connectivity index (χ2v) is 4.46. The molecule has 0 atom stereocenters. The second kappa shape index (κ2) is 6.38. The van der Waals surface area contributed by atoms with Crippen LogP contribution in [0, 0.1) is 0 Å². The van der Waals surface area contributed by atoms with Gasteiger partial charge in [0.25, 0.3) is 5.56 Å². The third-order valence-electron chi connectivity index (χ3n) is 2.65. The normalized spacial score (nSPS) is 10.6. The van der Waals surface area contributed by atoms with Crippen LogP contribution in [-0.2, 0) is 13.1 Å². The van der Waals surface area contributed by atoms with Gasteiger partial charge in [-0.25, -0.2) is 4.68 Å². The minimum absolute atomic E-state index is 0.144. The Labute approximate surface area is 115 Å². The Bertz CT molecular complexity index is 580. The van der Waals surface area contributed by atoms with E-state index in [-0.39, 0.29) is 10.6 Å². The van der Waals surface area contributed by atoms with Crippen molar-refractivity contribution in [2.24, 2.45) is 0 Å². The van der Waals surface area contributed by atoms with E-state index in [2.05, 4.69) is 22.5 Å². The zero-order valence-corrected chi connectivity index (χ0v) is 11.4. The lowest BCUT2D eigenvalue weighted by Gasteiger charge is -2.08. The van der Waals surface area contributed by atoms with Crippen LogP contribution in [0.15, 0.2) is 27.8 Å². The first-order valence-electron chi connectivity index (χ1n) is 6.11. The SMILES string of the molecule is CCCCn1ncc(NCc2ccno2)c(Cl)c1=O. The number of nitrogens with zero attached hydrogens (tertiary/aromatic N) is 3. The lowest BCUT2D eigenvalue weighted by molar-refractivity contribution is 0.388. The lowest BCUT2D eigenvalue weighted by atomic mass is 10.3. The van der Waals surface area contributed by atoms with Crippen LogP contribution in [0.5, 0.6) is 0 Å². The molecule has 0 saturated heterocycles. The molecule has 0 aliphatic carbocycles. The summed E-state index contributed by atoms with van der Waals surface area (Å²) in [6, 6.07) is 1.73.